The molecule has 0 radical (unpaired) electrons. The summed E-state index contributed by atoms with van der Waals surface area (Å²) >= 11 is 0. The lowest BCUT2D eigenvalue weighted by molar-refractivity contribution is -0.134. The quantitative estimate of drug-likeness (QED) is 0.882. The van der Waals surface area contributed by atoms with E-state index in [0.29, 0.717) is 0 Å². The van der Waals surface area contributed by atoms with Gasteiger partial charge in [0, 0.05) is 19.1 Å². The Kier molecular flexibility index (Phi) is 3.95. The molecule has 0 saturated heterocycles. The van der Waals surface area contributed by atoms with Gasteiger partial charge in [0.15, 0.2) is 0 Å². The molecule has 1 aromatic carbocycles. The first kappa shape index (κ1) is 14.1. The fourth-order valence-corrected chi connectivity index (χ4v) is 3.15. The SMILES string of the molecule is CCN(CC)C(=O)[C@]1(c2ccccc2)CC1C(C)N. The van der Waals surface area contributed by atoms with Gasteiger partial charge in [0.2, 0.25) is 5.91 Å². The summed E-state index contributed by atoms with van der Waals surface area (Å²) in [4.78, 5) is 14.8. The Morgan fingerprint density at radius 3 is 2.37 bits per heavy atom. The zero-order chi connectivity index (χ0) is 14.0. The molecule has 0 spiro atoms. The van der Waals surface area contributed by atoms with E-state index in [9.17, 15) is 4.79 Å². The number of benzene rings is 1. The van der Waals surface area contributed by atoms with E-state index in [1.165, 1.54) is 0 Å². The highest BCUT2D eigenvalue weighted by Gasteiger charge is 2.62. The second-order valence-corrected chi connectivity index (χ2v) is 5.48. The Bertz CT molecular complexity index is 439. The van der Waals surface area contributed by atoms with Gasteiger partial charge in [-0.1, -0.05) is 30.3 Å². The lowest BCUT2D eigenvalue weighted by Gasteiger charge is -2.27. The van der Waals surface area contributed by atoms with E-state index < -0.39 is 0 Å². The van der Waals surface area contributed by atoms with E-state index >= 15 is 0 Å². The molecule has 2 N–H and O–H groups in total. The van der Waals surface area contributed by atoms with Crippen LogP contribution < -0.4 is 5.73 Å². The van der Waals surface area contributed by atoms with Crippen LogP contribution in [0.2, 0.25) is 0 Å². The summed E-state index contributed by atoms with van der Waals surface area (Å²) in [5.74, 6) is 0.508. The lowest BCUT2D eigenvalue weighted by atomic mass is 9.89. The molecule has 1 amide bonds. The van der Waals surface area contributed by atoms with Crippen LogP contribution in [0.25, 0.3) is 0 Å². The topological polar surface area (TPSA) is 46.3 Å². The summed E-state index contributed by atoms with van der Waals surface area (Å²) < 4.78 is 0. The van der Waals surface area contributed by atoms with Crippen LogP contribution in [0.4, 0.5) is 0 Å². The van der Waals surface area contributed by atoms with Crippen molar-refractivity contribution in [3.8, 4) is 0 Å². The zero-order valence-corrected chi connectivity index (χ0v) is 12.1. The van der Waals surface area contributed by atoms with E-state index in [4.69, 9.17) is 5.73 Å². The van der Waals surface area contributed by atoms with Crippen LogP contribution in [0.3, 0.4) is 0 Å². The van der Waals surface area contributed by atoms with Crippen molar-refractivity contribution in [2.45, 2.75) is 38.6 Å². The molecule has 2 rings (SSSR count). The zero-order valence-electron chi connectivity index (χ0n) is 12.1. The summed E-state index contributed by atoms with van der Waals surface area (Å²) in [5, 5.41) is 0. The van der Waals surface area contributed by atoms with Crippen LogP contribution in [0.1, 0.15) is 32.8 Å². The lowest BCUT2D eigenvalue weighted by Crippen LogP contribution is -2.42. The van der Waals surface area contributed by atoms with Gasteiger partial charge < -0.3 is 10.6 Å². The molecule has 1 aromatic rings. The van der Waals surface area contributed by atoms with Crippen LogP contribution in [0.5, 0.6) is 0 Å². The Morgan fingerprint density at radius 1 is 1.37 bits per heavy atom. The summed E-state index contributed by atoms with van der Waals surface area (Å²) in [6, 6.07) is 10.2. The molecular weight excluding hydrogens is 236 g/mol. The highest BCUT2D eigenvalue weighted by atomic mass is 16.2. The molecule has 104 valence electrons. The molecule has 3 nitrogen and oxygen atoms in total. The fraction of sp³-hybridized carbons (Fsp3) is 0.562. The smallest absolute Gasteiger partial charge is 0.233 e. The molecular formula is C16H24N2O. The first-order valence-electron chi connectivity index (χ1n) is 7.18. The minimum Gasteiger partial charge on any atom is -0.342 e. The van der Waals surface area contributed by atoms with Crippen molar-refractivity contribution in [3.63, 3.8) is 0 Å². The highest BCUT2D eigenvalue weighted by molar-refractivity contribution is 5.92. The van der Waals surface area contributed by atoms with Crippen molar-refractivity contribution >= 4 is 5.91 Å². The second kappa shape index (κ2) is 5.33. The molecule has 0 heterocycles. The standard InChI is InChI=1S/C16H24N2O/c1-4-18(5-2)15(19)16(11-14(16)12(3)17)13-9-7-6-8-10-13/h6-10,12,14H,4-5,11,17H2,1-3H3/t12?,14?,16-/m0/s1. The second-order valence-electron chi connectivity index (χ2n) is 5.48. The highest BCUT2D eigenvalue weighted by Crippen LogP contribution is 2.56. The number of nitrogens with zero attached hydrogens (tertiary/aromatic N) is 1. The Labute approximate surface area is 115 Å². The van der Waals surface area contributed by atoms with Crippen molar-refractivity contribution < 1.29 is 4.79 Å². The number of nitrogens with two attached hydrogens (primary N) is 1. The minimum absolute atomic E-state index is 0.0553. The van der Waals surface area contributed by atoms with Crippen LogP contribution >= 0.6 is 0 Å². The molecule has 0 aliphatic heterocycles. The molecule has 3 heteroatoms. The van der Waals surface area contributed by atoms with Gasteiger partial charge in [0.25, 0.3) is 0 Å². The minimum atomic E-state index is -0.374. The molecule has 1 aliphatic carbocycles. The van der Waals surface area contributed by atoms with Gasteiger partial charge in [0.1, 0.15) is 0 Å². The first-order valence-corrected chi connectivity index (χ1v) is 7.18. The Balaban J connectivity index is 2.36. The Hall–Kier alpha value is -1.35. The molecule has 2 unspecified atom stereocenters. The normalized spacial score (nSPS) is 26.8. The number of amides is 1. The largest absolute Gasteiger partial charge is 0.342 e. The third kappa shape index (κ3) is 2.27. The molecule has 1 aliphatic rings. The van der Waals surface area contributed by atoms with Gasteiger partial charge in [-0.3, -0.25) is 4.79 Å². The molecule has 3 atom stereocenters. The van der Waals surface area contributed by atoms with Gasteiger partial charge in [-0.15, -0.1) is 0 Å². The summed E-state index contributed by atoms with van der Waals surface area (Å²) in [7, 11) is 0. The van der Waals surface area contributed by atoms with Crippen LogP contribution in [-0.2, 0) is 10.2 Å². The van der Waals surface area contributed by atoms with E-state index in [1.54, 1.807) is 0 Å². The Morgan fingerprint density at radius 2 is 1.95 bits per heavy atom. The summed E-state index contributed by atoms with van der Waals surface area (Å²) in [6.07, 6.45) is 0.879. The number of carbonyl (C=O) groups is 1. The van der Waals surface area contributed by atoms with Crippen molar-refractivity contribution in [1.82, 2.24) is 4.90 Å². The van der Waals surface area contributed by atoms with Gasteiger partial charge >= 0.3 is 0 Å². The fourth-order valence-electron chi connectivity index (χ4n) is 3.15. The summed E-state index contributed by atoms with van der Waals surface area (Å²) in [5.41, 5.74) is 6.81. The number of hydrogen-bond acceptors (Lipinski definition) is 2. The van der Waals surface area contributed by atoms with E-state index in [0.717, 1.165) is 25.1 Å². The number of carbonyl (C=O) groups excluding carboxylic acids is 1. The van der Waals surface area contributed by atoms with E-state index in [-0.39, 0.29) is 23.3 Å². The number of hydrogen-bond donors (Lipinski definition) is 1. The molecule has 0 aromatic heterocycles. The van der Waals surface area contributed by atoms with Gasteiger partial charge in [-0.2, -0.15) is 0 Å². The predicted molar refractivity (Wildman–Crippen MR) is 77.8 cm³/mol. The van der Waals surface area contributed by atoms with E-state index in [1.807, 2.05) is 43.9 Å². The van der Waals surface area contributed by atoms with Crippen LogP contribution in [-0.4, -0.2) is 29.9 Å². The van der Waals surface area contributed by atoms with Crippen LogP contribution in [0.15, 0.2) is 30.3 Å². The average Bonchev–Trinajstić information content (AvgIpc) is 3.18. The van der Waals surface area contributed by atoms with Crippen molar-refractivity contribution in [2.24, 2.45) is 11.7 Å². The third-order valence-electron chi connectivity index (χ3n) is 4.37. The number of rotatable bonds is 5. The van der Waals surface area contributed by atoms with Gasteiger partial charge in [0.05, 0.1) is 5.41 Å². The monoisotopic (exact) mass is 260 g/mol. The maximum absolute atomic E-state index is 12.9. The molecule has 0 bridgehead atoms. The van der Waals surface area contributed by atoms with Crippen molar-refractivity contribution in [3.05, 3.63) is 35.9 Å². The maximum atomic E-state index is 12.9. The maximum Gasteiger partial charge on any atom is 0.233 e. The average molecular weight is 260 g/mol. The van der Waals surface area contributed by atoms with Gasteiger partial charge in [-0.25, -0.2) is 0 Å². The first-order chi connectivity index (χ1) is 9.07. The third-order valence-corrected chi connectivity index (χ3v) is 4.37. The van der Waals surface area contributed by atoms with Gasteiger partial charge in [-0.05, 0) is 38.7 Å². The van der Waals surface area contributed by atoms with E-state index in [2.05, 4.69) is 12.1 Å². The molecule has 1 fully saturated rings. The predicted octanol–water partition coefficient (Wildman–Crippen LogP) is 2.16. The summed E-state index contributed by atoms with van der Waals surface area (Å²) in [6.45, 7) is 7.59. The number of likely N-dealkylation sites (N-methyl/N-ethyl adjacent to an activating group) is 1. The van der Waals surface area contributed by atoms with Crippen molar-refractivity contribution in [2.75, 3.05) is 13.1 Å². The molecule has 1 saturated carbocycles. The van der Waals surface area contributed by atoms with Crippen LogP contribution in [0, 0.1) is 5.92 Å². The molecule has 19 heavy (non-hydrogen) atoms. The van der Waals surface area contributed by atoms with Crippen molar-refractivity contribution in [1.29, 1.82) is 0 Å².